The fourth-order valence-corrected chi connectivity index (χ4v) is 3.77. The molecule has 2 aromatic carbocycles. The van der Waals surface area contributed by atoms with Crippen LogP contribution in [0.15, 0.2) is 48.5 Å². The summed E-state index contributed by atoms with van der Waals surface area (Å²) >= 11 is 8.21. The van der Waals surface area contributed by atoms with E-state index < -0.39 is 0 Å². The Kier molecular flexibility index (Phi) is 4.06. The van der Waals surface area contributed by atoms with Gasteiger partial charge in [0, 0.05) is 28.1 Å². The van der Waals surface area contributed by atoms with Gasteiger partial charge in [0.25, 0.3) is 0 Å². The fraction of sp³-hybridized carbons (Fsp3) is 0.176. The van der Waals surface area contributed by atoms with E-state index in [1.54, 1.807) is 11.3 Å². The summed E-state index contributed by atoms with van der Waals surface area (Å²) in [5.41, 5.74) is 2.66. The van der Waals surface area contributed by atoms with Gasteiger partial charge in [0.05, 0.1) is 5.02 Å². The molecule has 0 saturated heterocycles. The van der Waals surface area contributed by atoms with Crippen molar-refractivity contribution in [2.75, 3.05) is 0 Å². The Morgan fingerprint density at radius 2 is 1.75 bits per heavy atom. The lowest BCUT2D eigenvalue weighted by Gasteiger charge is -2.06. The summed E-state index contributed by atoms with van der Waals surface area (Å²) in [5, 5.41) is 5.54. The summed E-state index contributed by atoms with van der Waals surface area (Å²) in [4.78, 5) is 1.21. The molecule has 3 aromatic rings. The molecule has 0 unspecified atom stereocenters. The van der Waals surface area contributed by atoms with Gasteiger partial charge in [-0.3, -0.25) is 0 Å². The van der Waals surface area contributed by atoms with Gasteiger partial charge >= 0.3 is 0 Å². The average molecular weight is 302 g/mol. The largest absolute Gasteiger partial charge is 0.308 e. The predicted molar refractivity (Wildman–Crippen MR) is 88.6 cm³/mol. The number of halogens is 1. The highest BCUT2D eigenvalue weighted by Gasteiger charge is 2.09. The van der Waals surface area contributed by atoms with E-state index in [9.17, 15) is 0 Å². The molecular formula is C17H16ClNS. The predicted octanol–water partition coefficient (Wildman–Crippen LogP) is 5.15. The number of fused-ring (bicyclic) bond motifs is 1. The number of aryl methyl sites for hydroxylation is 1. The van der Waals surface area contributed by atoms with Gasteiger partial charge in [0.15, 0.2) is 0 Å². The van der Waals surface area contributed by atoms with Crippen LogP contribution in [0.2, 0.25) is 5.02 Å². The van der Waals surface area contributed by atoms with Crippen LogP contribution >= 0.6 is 22.9 Å². The first-order valence-corrected chi connectivity index (χ1v) is 7.86. The van der Waals surface area contributed by atoms with E-state index in [2.05, 4.69) is 54.7 Å². The molecule has 0 spiro atoms. The highest BCUT2D eigenvalue weighted by atomic mass is 35.5. The molecule has 20 heavy (non-hydrogen) atoms. The van der Waals surface area contributed by atoms with Gasteiger partial charge in [0.2, 0.25) is 0 Å². The minimum absolute atomic E-state index is 0.812. The lowest BCUT2D eigenvalue weighted by Crippen LogP contribution is -2.12. The molecule has 3 heteroatoms. The number of hydrogen-bond donors (Lipinski definition) is 1. The van der Waals surface area contributed by atoms with Gasteiger partial charge in [-0.1, -0.05) is 54.1 Å². The smallest absolute Gasteiger partial charge is 0.0636 e. The summed E-state index contributed by atoms with van der Waals surface area (Å²) in [6.07, 6.45) is 0. The lowest BCUT2D eigenvalue weighted by molar-refractivity contribution is 0.698. The molecule has 3 rings (SSSR count). The molecule has 0 radical (unpaired) electrons. The van der Waals surface area contributed by atoms with E-state index in [-0.39, 0.29) is 0 Å². The number of nitrogens with one attached hydrogen (secondary N) is 1. The molecule has 0 aliphatic carbocycles. The van der Waals surface area contributed by atoms with Crippen LogP contribution in [0.1, 0.15) is 16.0 Å². The summed E-state index contributed by atoms with van der Waals surface area (Å²) < 4.78 is 1.25. The topological polar surface area (TPSA) is 12.0 Å². The number of benzene rings is 2. The van der Waals surface area contributed by atoms with Crippen molar-refractivity contribution < 1.29 is 0 Å². The molecule has 1 N–H and O–H groups in total. The van der Waals surface area contributed by atoms with Gasteiger partial charge in [-0.2, -0.15) is 0 Å². The quantitative estimate of drug-likeness (QED) is 0.702. The van der Waals surface area contributed by atoms with Crippen molar-refractivity contribution in [2.45, 2.75) is 20.0 Å². The van der Waals surface area contributed by atoms with Gasteiger partial charge in [-0.15, -0.1) is 11.3 Å². The van der Waals surface area contributed by atoms with E-state index in [0.717, 1.165) is 23.5 Å². The minimum atomic E-state index is 0.812. The third kappa shape index (κ3) is 2.73. The molecule has 0 bridgehead atoms. The standard InChI is InChI=1S/C17H16ClNS/c1-12-6-2-3-7-13(12)10-19-11-16-17(18)14-8-4-5-9-15(14)20-16/h2-9,19H,10-11H2,1H3. The summed E-state index contributed by atoms with van der Waals surface area (Å²) in [6.45, 7) is 3.83. The Morgan fingerprint density at radius 1 is 1.00 bits per heavy atom. The van der Waals surface area contributed by atoms with Crippen molar-refractivity contribution in [3.8, 4) is 0 Å². The van der Waals surface area contributed by atoms with Crippen molar-refractivity contribution in [1.29, 1.82) is 0 Å². The van der Waals surface area contributed by atoms with E-state index in [1.807, 2.05) is 6.07 Å². The summed E-state index contributed by atoms with van der Waals surface area (Å²) in [7, 11) is 0. The molecule has 0 aliphatic heterocycles. The molecule has 1 aromatic heterocycles. The third-order valence-corrected chi connectivity index (χ3v) is 5.18. The molecule has 1 heterocycles. The molecule has 0 aliphatic rings. The number of rotatable bonds is 4. The molecule has 0 amide bonds. The van der Waals surface area contributed by atoms with E-state index >= 15 is 0 Å². The maximum atomic E-state index is 6.44. The molecule has 1 nitrogen and oxygen atoms in total. The first-order chi connectivity index (χ1) is 9.75. The van der Waals surface area contributed by atoms with Crippen LogP contribution in [-0.2, 0) is 13.1 Å². The maximum absolute atomic E-state index is 6.44. The summed E-state index contributed by atoms with van der Waals surface area (Å²) in [6, 6.07) is 16.7. The maximum Gasteiger partial charge on any atom is 0.0636 e. The van der Waals surface area contributed by atoms with Crippen LogP contribution in [0, 0.1) is 6.92 Å². The Bertz CT molecular complexity index is 733. The minimum Gasteiger partial charge on any atom is -0.308 e. The highest BCUT2D eigenvalue weighted by molar-refractivity contribution is 7.19. The second kappa shape index (κ2) is 5.96. The second-order valence-electron chi connectivity index (χ2n) is 4.87. The molecule has 0 atom stereocenters. The third-order valence-electron chi connectivity index (χ3n) is 3.46. The van der Waals surface area contributed by atoms with Crippen molar-refractivity contribution in [3.63, 3.8) is 0 Å². The molecule has 102 valence electrons. The van der Waals surface area contributed by atoms with Crippen LogP contribution in [0.5, 0.6) is 0 Å². The monoisotopic (exact) mass is 301 g/mol. The van der Waals surface area contributed by atoms with Gasteiger partial charge in [-0.25, -0.2) is 0 Å². The van der Waals surface area contributed by atoms with Crippen molar-refractivity contribution in [3.05, 3.63) is 69.6 Å². The molecular weight excluding hydrogens is 286 g/mol. The Hall–Kier alpha value is -1.35. The fourth-order valence-electron chi connectivity index (χ4n) is 2.30. The van der Waals surface area contributed by atoms with Crippen LogP contribution in [0.25, 0.3) is 10.1 Å². The normalized spacial score (nSPS) is 11.1. The van der Waals surface area contributed by atoms with Crippen molar-refractivity contribution in [2.24, 2.45) is 0 Å². The van der Waals surface area contributed by atoms with Gasteiger partial charge in [0.1, 0.15) is 0 Å². The van der Waals surface area contributed by atoms with Crippen LogP contribution in [0.4, 0.5) is 0 Å². The Labute approximate surface area is 128 Å². The van der Waals surface area contributed by atoms with Crippen LogP contribution < -0.4 is 5.32 Å². The SMILES string of the molecule is Cc1ccccc1CNCc1sc2ccccc2c1Cl. The molecule has 0 fully saturated rings. The zero-order chi connectivity index (χ0) is 13.9. The van der Waals surface area contributed by atoms with Crippen LogP contribution in [0.3, 0.4) is 0 Å². The van der Waals surface area contributed by atoms with Gasteiger partial charge < -0.3 is 5.32 Å². The average Bonchev–Trinajstić information content (AvgIpc) is 2.78. The number of hydrogen-bond acceptors (Lipinski definition) is 2. The Balaban J connectivity index is 1.71. The lowest BCUT2D eigenvalue weighted by atomic mass is 10.1. The van der Waals surface area contributed by atoms with Gasteiger partial charge in [-0.05, 0) is 24.1 Å². The first-order valence-electron chi connectivity index (χ1n) is 6.67. The van der Waals surface area contributed by atoms with Crippen molar-refractivity contribution in [1.82, 2.24) is 5.32 Å². The first kappa shape index (κ1) is 13.6. The second-order valence-corrected chi connectivity index (χ2v) is 6.38. The zero-order valence-corrected chi connectivity index (χ0v) is 12.9. The Morgan fingerprint density at radius 3 is 2.55 bits per heavy atom. The van der Waals surface area contributed by atoms with E-state index in [1.165, 1.54) is 20.7 Å². The van der Waals surface area contributed by atoms with E-state index in [0.29, 0.717) is 0 Å². The van der Waals surface area contributed by atoms with Crippen molar-refractivity contribution >= 4 is 33.0 Å². The number of thiophene rings is 1. The summed E-state index contributed by atoms with van der Waals surface area (Å²) in [5.74, 6) is 0. The van der Waals surface area contributed by atoms with E-state index in [4.69, 9.17) is 11.6 Å². The molecule has 0 saturated carbocycles. The highest BCUT2D eigenvalue weighted by Crippen LogP contribution is 2.34. The zero-order valence-electron chi connectivity index (χ0n) is 11.3. The van der Waals surface area contributed by atoms with Crippen LogP contribution in [-0.4, -0.2) is 0 Å².